The highest BCUT2D eigenvalue weighted by molar-refractivity contribution is 7.11. The number of rotatable bonds is 0. The molecule has 2 N–H and O–H groups in total. The molecule has 9 heavy (non-hydrogen) atoms. The van der Waals surface area contributed by atoms with Gasteiger partial charge in [0.05, 0.1) is 0 Å². The molecule has 0 saturated heterocycles. The predicted octanol–water partition coefficient (Wildman–Crippen LogP) is 0.519. The van der Waals surface area contributed by atoms with Gasteiger partial charge in [-0.1, -0.05) is 0 Å². The normalized spacial score (nSPS) is 9.33. The first-order valence-electron chi connectivity index (χ1n) is 2.21. The van der Waals surface area contributed by atoms with Crippen LogP contribution in [0.25, 0.3) is 0 Å². The molecule has 0 saturated carbocycles. The maximum absolute atomic E-state index is 10.4. The molecular weight excluding hydrogens is 140 g/mol. The van der Waals surface area contributed by atoms with Gasteiger partial charge in [0.25, 0.3) is 0 Å². The standard InChI is InChI=1S/C5H4O3S/c6-3-1-2-9-5(8)4(3)7/h1-2,7-8H. The Kier molecular flexibility index (Phi) is 1.40. The van der Waals surface area contributed by atoms with Crippen molar-refractivity contribution in [3.05, 3.63) is 21.7 Å². The molecular formula is C5H4O3S. The van der Waals surface area contributed by atoms with Crippen molar-refractivity contribution in [3.8, 4) is 10.8 Å². The van der Waals surface area contributed by atoms with Crippen molar-refractivity contribution in [1.29, 1.82) is 0 Å². The Morgan fingerprint density at radius 3 is 2.56 bits per heavy atom. The van der Waals surface area contributed by atoms with Gasteiger partial charge in [-0.25, -0.2) is 0 Å². The fraction of sp³-hybridized carbons (Fsp3) is 0. The lowest BCUT2D eigenvalue weighted by Crippen LogP contribution is -1.93. The molecule has 0 bridgehead atoms. The summed E-state index contributed by atoms with van der Waals surface area (Å²) in [5.74, 6) is -0.567. The lowest BCUT2D eigenvalue weighted by Gasteiger charge is -1.89. The minimum atomic E-state index is -0.567. The van der Waals surface area contributed by atoms with E-state index in [1.54, 1.807) is 0 Å². The van der Waals surface area contributed by atoms with Crippen LogP contribution in [0.4, 0.5) is 0 Å². The molecule has 1 aromatic rings. The van der Waals surface area contributed by atoms with E-state index in [9.17, 15) is 4.79 Å². The van der Waals surface area contributed by atoms with E-state index in [-0.39, 0.29) is 5.06 Å². The van der Waals surface area contributed by atoms with Gasteiger partial charge in [0.15, 0.2) is 0 Å². The first-order chi connectivity index (χ1) is 4.22. The summed E-state index contributed by atoms with van der Waals surface area (Å²) in [6.45, 7) is 0. The van der Waals surface area contributed by atoms with Gasteiger partial charge in [0, 0.05) is 0 Å². The molecule has 0 aromatic carbocycles. The van der Waals surface area contributed by atoms with Crippen molar-refractivity contribution in [2.75, 3.05) is 0 Å². The minimum absolute atomic E-state index is 0.331. The third kappa shape index (κ3) is 1.02. The van der Waals surface area contributed by atoms with Gasteiger partial charge in [-0.15, -0.1) is 11.3 Å². The molecule has 0 radical (unpaired) electrons. The Morgan fingerprint density at radius 2 is 2.11 bits per heavy atom. The van der Waals surface area contributed by atoms with E-state index < -0.39 is 11.2 Å². The second-order valence-corrected chi connectivity index (χ2v) is 2.33. The SMILES string of the molecule is O=c1ccsc(O)c1O. The van der Waals surface area contributed by atoms with Crippen LogP contribution < -0.4 is 5.43 Å². The van der Waals surface area contributed by atoms with Crippen LogP contribution in [-0.4, -0.2) is 10.2 Å². The summed E-state index contributed by atoms with van der Waals surface area (Å²) in [6, 6.07) is 1.19. The van der Waals surface area contributed by atoms with E-state index in [0.29, 0.717) is 0 Å². The van der Waals surface area contributed by atoms with Crippen LogP contribution >= 0.6 is 11.3 Å². The fourth-order valence-corrected chi connectivity index (χ4v) is 0.933. The molecule has 4 heteroatoms. The Balaban J connectivity index is 3.43. The monoisotopic (exact) mass is 144 g/mol. The summed E-state index contributed by atoms with van der Waals surface area (Å²) < 4.78 is 0. The van der Waals surface area contributed by atoms with Crippen molar-refractivity contribution in [2.24, 2.45) is 0 Å². The largest absolute Gasteiger partial charge is 0.501 e. The number of aromatic hydroxyl groups is 2. The van der Waals surface area contributed by atoms with E-state index in [1.807, 2.05) is 0 Å². The quantitative estimate of drug-likeness (QED) is 0.558. The molecule has 0 unspecified atom stereocenters. The molecule has 0 spiro atoms. The molecule has 0 aliphatic heterocycles. The lowest BCUT2D eigenvalue weighted by atomic mass is 10.5. The zero-order valence-corrected chi connectivity index (χ0v) is 5.18. The molecule has 0 aliphatic rings. The van der Waals surface area contributed by atoms with Gasteiger partial charge in [0.2, 0.25) is 16.2 Å². The van der Waals surface area contributed by atoms with Crippen molar-refractivity contribution in [2.45, 2.75) is 0 Å². The smallest absolute Gasteiger partial charge is 0.225 e. The van der Waals surface area contributed by atoms with Crippen LogP contribution in [0.1, 0.15) is 0 Å². The van der Waals surface area contributed by atoms with Crippen molar-refractivity contribution in [1.82, 2.24) is 0 Å². The third-order valence-electron chi connectivity index (χ3n) is 0.835. The zero-order chi connectivity index (χ0) is 6.85. The van der Waals surface area contributed by atoms with Crippen LogP contribution in [0, 0.1) is 0 Å². The Hall–Kier alpha value is -1.03. The molecule has 0 aliphatic carbocycles. The van der Waals surface area contributed by atoms with Crippen LogP contribution in [0.5, 0.6) is 10.8 Å². The highest BCUT2D eigenvalue weighted by atomic mass is 32.1. The summed E-state index contributed by atoms with van der Waals surface area (Å²) >= 11 is 0.914. The van der Waals surface area contributed by atoms with E-state index in [0.717, 1.165) is 11.3 Å². The van der Waals surface area contributed by atoms with E-state index >= 15 is 0 Å². The number of hydrogen-bond acceptors (Lipinski definition) is 4. The Morgan fingerprint density at radius 1 is 1.44 bits per heavy atom. The molecule has 1 heterocycles. The number of hydrogen-bond donors (Lipinski definition) is 2. The van der Waals surface area contributed by atoms with Crippen LogP contribution in [-0.2, 0) is 0 Å². The molecule has 0 amide bonds. The molecule has 3 nitrogen and oxygen atoms in total. The average molecular weight is 144 g/mol. The predicted molar refractivity (Wildman–Crippen MR) is 33.9 cm³/mol. The summed E-state index contributed by atoms with van der Waals surface area (Å²) in [5, 5.41) is 18.4. The maximum atomic E-state index is 10.4. The molecule has 0 fully saturated rings. The fourth-order valence-electron chi connectivity index (χ4n) is 0.400. The molecule has 48 valence electrons. The highest BCUT2D eigenvalue weighted by Crippen LogP contribution is 2.22. The van der Waals surface area contributed by atoms with Gasteiger partial charge in [0.1, 0.15) is 0 Å². The van der Waals surface area contributed by atoms with Gasteiger partial charge in [-0.05, 0) is 11.4 Å². The molecule has 1 rings (SSSR count). The Bertz CT molecular complexity index is 265. The van der Waals surface area contributed by atoms with E-state index in [4.69, 9.17) is 10.2 Å². The second kappa shape index (κ2) is 2.06. The van der Waals surface area contributed by atoms with E-state index in [1.165, 1.54) is 11.4 Å². The first-order valence-corrected chi connectivity index (χ1v) is 3.09. The first kappa shape index (κ1) is 6.10. The summed E-state index contributed by atoms with van der Waals surface area (Å²) in [4.78, 5) is 10.4. The van der Waals surface area contributed by atoms with Crippen LogP contribution in [0.3, 0.4) is 0 Å². The van der Waals surface area contributed by atoms with Gasteiger partial charge < -0.3 is 10.2 Å². The second-order valence-electron chi connectivity index (χ2n) is 1.44. The lowest BCUT2D eigenvalue weighted by molar-refractivity contribution is 0.410. The molecule has 1 aromatic heterocycles. The van der Waals surface area contributed by atoms with Crippen LogP contribution in [0.15, 0.2) is 16.2 Å². The van der Waals surface area contributed by atoms with E-state index in [2.05, 4.69) is 0 Å². The third-order valence-corrected chi connectivity index (χ3v) is 1.52. The summed E-state index contributed by atoms with van der Waals surface area (Å²) in [7, 11) is 0. The highest BCUT2D eigenvalue weighted by Gasteiger charge is 2.00. The van der Waals surface area contributed by atoms with Crippen LogP contribution in [0.2, 0.25) is 0 Å². The Labute approximate surface area is 54.8 Å². The van der Waals surface area contributed by atoms with Crippen molar-refractivity contribution in [3.63, 3.8) is 0 Å². The molecule has 0 atom stereocenters. The van der Waals surface area contributed by atoms with Gasteiger partial charge >= 0.3 is 0 Å². The van der Waals surface area contributed by atoms with Crippen molar-refractivity contribution < 1.29 is 10.2 Å². The maximum Gasteiger partial charge on any atom is 0.225 e. The minimum Gasteiger partial charge on any atom is -0.501 e. The van der Waals surface area contributed by atoms with Crippen molar-refractivity contribution >= 4 is 11.3 Å². The van der Waals surface area contributed by atoms with Gasteiger partial charge in [-0.2, -0.15) is 0 Å². The zero-order valence-electron chi connectivity index (χ0n) is 4.37. The topological polar surface area (TPSA) is 57.5 Å². The van der Waals surface area contributed by atoms with Gasteiger partial charge in [-0.3, -0.25) is 4.79 Å². The summed E-state index contributed by atoms with van der Waals surface area (Å²) in [5.41, 5.74) is -0.550. The average Bonchev–Trinajstić information content (AvgIpc) is 1.83. The summed E-state index contributed by atoms with van der Waals surface area (Å²) in [6.07, 6.45) is 0.